The number of aryl methyl sites for hydroxylation is 2. The van der Waals surface area contributed by atoms with Crippen molar-refractivity contribution in [1.29, 1.82) is 0 Å². The first-order valence-electron chi connectivity index (χ1n) is 14.3. The number of thiocarbonyl (C=S) groups is 1. The van der Waals surface area contributed by atoms with Gasteiger partial charge in [-0.1, -0.05) is 36.4 Å². The van der Waals surface area contributed by atoms with Gasteiger partial charge in [0.15, 0.2) is 12.2 Å². The van der Waals surface area contributed by atoms with Crippen LogP contribution in [0.1, 0.15) is 30.2 Å². The molecular weight excluding hydrogens is 611 g/mol. The molecule has 11 nitrogen and oxygen atoms in total. The van der Waals surface area contributed by atoms with Crippen LogP contribution in [0.3, 0.4) is 0 Å². The maximum atomic E-state index is 13.4. The number of hydrogen-bond acceptors (Lipinski definition) is 9. The summed E-state index contributed by atoms with van der Waals surface area (Å²) in [5, 5.41) is 20.7. The number of nitrogens with one attached hydrogen (secondary N) is 1. The lowest BCUT2D eigenvalue weighted by molar-refractivity contribution is -0.746. The van der Waals surface area contributed by atoms with Gasteiger partial charge in [0.05, 0.1) is 16.6 Å². The van der Waals surface area contributed by atoms with Gasteiger partial charge in [-0.2, -0.15) is 0 Å². The van der Waals surface area contributed by atoms with Gasteiger partial charge < -0.3 is 15.3 Å². The van der Waals surface area contributed by atoms with Crippen LogP contribution in [-0.4, -0.2) is 55.5 Å². The zero-order valence-electron chi connectivity index (χ0n) is 24.8. The number of fused-ring (bicyclic) bond motifs is 1. The van der Waals surface area contributed by atoms with Crippen LogP contribution < -0.4 is 15.1 Å². The van der Waals surface area contributed by atoms with E-state index in [1.165, 1.54) is 15.1 Å². The molecule has 1 atom stereocenters. The molecule has 2 amide bonds. The van der Waals surface area contributed by atoms with Gasteiger partial charge in [0.2, 0.25) is 11.2 Å². The minimum absolute atomic E-state index is 0.00287. The van der Waals surface area contributed by atoms with Crippen molar-refractivity contribution in [2.45, 2.75) is 32.9 Å². The van der Waals surface area contributed by atoms with E-state index in [1.807, 2.05) is 43.3 Å². The molecule has 228 valence electrons. The zero-order chi connectivity index (χ0) is 31.7. The Balaban J connectivity index is 1.18. The summed E-state index contributed by atoms with van der Waals surface area (Å²) >= 11 is 7.27. The maximum absolute atomic E-state index is 13.4. The molecule has 0 saturated carbocycles. The molecule has 0 spiro atoms. The number of carbonyl (C=O) groups is 2. The van der Waals surface area contributed by atoms with E-state index in [0.29, 0.717) is 23.5 Å². The average molecular weight is 640 g/mol. The summed E-state index contributed by atoms with van der Waals surface area (Å²) in [4.78, 5) is 38.6. The molecular formula is C32H29N7O4S2. The number of aliphatic imine (C=N–C) groups is 1. The van der Waals surface area contributed by atoms with Crippen molar-refractivity contribution in [2.75, 3.05) is 11.9 Å². The largest absolute Gasteiger partial charge is 0.858 e. The number of rotatable bonds is 9. The molecule has 3 heterocycles. The molecule has 1 N–H and O–H groups in total. The van der Waals surface area contributed by atoms with Crippen LogP contribution in [0.4, 0.5) is 11.6 Å². The Bertz CT molecular complexity index is 1940. The van der Waals surface area contributed by atoms with E-state index in [9.17, 15) is 14.7 Å². The first-order valence-corrected chi connectivity index (χ1v) is 15.5. The Hall–Kier alpha value is -5.01. The molecule has 0 bridgehead atoms. The van der Waals surface area contributed by atoms with Gasteiger partial charge in [0.1, 0.15) is 17.6 Å². The fourth-order valence-corrected chi connectivity index (χ4v) is 6.58. The lowest BCUT2D eigenvalue weighted by Gasteiger charge is -2.21. The number of anilines is 1. The van der Waals surface area contributed by atoms with Gasteiger partial charge in [-0.15, -0.1) is 11.3 Å². The highest BCUT2D eigenvalue weighted by Gasteiger charge is 2.44. The number of likely N-dealkylation sites (N-methyl/N-ethyl adjacent to an activating group) is 1. The number of nitrogens with zero attached hydrogens (tertiary/aromatic N) is 6. The highest BCUT2D eigenvalue weighted by molar-refractivity contribution is 7.80. The van der Waals surface area contributed by atoms with Crippen molar-refractivity contribution in [3.8, 4) is 10.6 Å². The Morgan fingerprint density at radius 1 is 1.16 bits per heavy atom. The molecule has 5 aromatic rings. The van der Waals surface area contributed by atoms with Crippen LogP contribution in [-0.2, 0) is 23.2 Å². The van der Waals surface area contributed by atoms with Crippen molar-refractivity contribution in [2.24, 2.45) is 12.0 Å². The SMILES string of the molecule is CCN1C(=O)C(CC(=O)Nc2ccc(-c3nc4ccc(C)cc4s3)cc2)N(Cc2c(/N=C(\[O-])c3ccccc3)on[n+]2C)C1=S. The highest BCUT2D eigenvalue weighted by atomic mass is 32.1. The van der Waals surface area contributed by atoms with Gasteiger partial charge in [-0.25, -0.2) is 9.98 Å². The van der Waals surface area contributed by atoms with Crippen LogP contribution in [0.5, 0.6) is 0 Å². The van der Waals surface area contributed by atoms with E-state index in [-0.39, 0.29) is 35.8 Å². The molecule has 13 heteroatoms. The van der Waals surface area contributed by atoms with Gasteiger partial charge in [-0.05, 0) is 84.2 Å². The summed E-state index contributed by atoms with van der Waals surface area (Å²) in [6.45, 7) is 4.27. The lowest BCUT2D eigenvalue weighted by Crippen LogP contribution is -2.42. The van der Waals surface area contributed by atoms with Crippen LogP contribution in [0.15, 0.2) is 82.3 Å². The minimum atomic E-state index is -0.865. The molecule has 1 saturated heterocycles. The minimum Gasteiger partial charge on any atom is -0.858 e. The van der Waals surface area contributed by atoms with Crippen LogP contribution in [0.25, 0.3) is 20.8 Å². The summed E-state index contributed by atoms with van der Waals surface area (Å²) < 4.78 is 7.90. The topological polar surface area (TPSA) is 131 Å². The summed E-state index contributed by atoms with van der Waals surface area (Å²) in [6.07, 6.45) is -0.140. The predicted molar refractivity (Wildman–Crippen MR) is 173 cm³/mol. The molecule has 6 rings (SSSR count). The molecule has 0 aliphatic carbocycles. The van der Waals surface area contributed by atoms with Crippen LogP contribution in [0, 0.1) is 6.92 Å². The first kappa shape index (κ1) is 30.0. The summed E-state index contributed by atoms with van der Waals surface area (Å²) in [6, 6.07) is 21.4. The van der Waals surface area contributed by atoms with Crippen molar-refractivity contribution >= 4 is 68.2 Å². The van der Waals surface area contributed by atoms with Crippen LogP contribution >= 0.6 is 23.6 Å². The van der Waals surface area contributed by atoms with Gasteiger partial charge >= 0.3 is 5.88 Å². The molecule has 1 unspecified atom stereocenters. The smallest absolute Gasteiger partial charge is 0.325 e. The molecule has 1 fully saturated rings. The fraction of sp³-hybridized carbons (Fsp3) is 0.219. The Morgan fingerprint density at radius 2 is 1.91 bits per heavy atom. The second kappa shape index (κ2) is 12.5. The zero-order valence-corrected chi connectivity index (χ0v) is 26.4. The number of amides is 2. The fourth-order valence-electron chi connectivity index (χ4n) is 5.10. The number of hydrogen-bond donors (Lipinski definition) is 1. The quantitative estimate of drug-likeness (QED) is 0.111. The van der Waals surface area contributed by atoms with Gasteiger partial charge in [0, 0.05) is 17.8 Å². The molecule has 2 aromatic heterocycles. The van der Waals surface area contributed by atoms with Gasteiger partial charge in [0.25, 0.3) is 11.6 Å². The standard InChI is InChI=1S/C32H29N7O4S2/c1-4-38-31(42)24(39(32(38)44)18-25-29(43-36-37(25)3)35-28(41)20-8-6-5-7-9-20)17-27(40)33-22-13-11-21(12-14-22)30-34-23-15-10-19(2)16-26(23)45-30/h5-16,24H,4,17-18H2,1-3H3,(H-,33,34,35,36,40,41). The monoisotopic (exact) mass is 639 g/mol. The normalized spacial score (nSPS) is 15.4. The summed E-state index contributed by atoms with van der Waals surface area (Å²) in [5.41, 5.74) is 4.50. The molecule has 0 radical (unpaired) electrons. The lowest BCUT2D eigenvalue weighted by atomic mass is 10.1. The van der Waals surface area contributed by atoms with E-state index >= 15 is 0 Å². The van der Waals surface area contributed by atoms with E-state index in [0.717, 1.165) is 20.8 Å². The van der Waals surface area contributed by atoms with Crippen molar-refractivity contribution in [3.63, 3.8) is 0 Å². The number of aromatic nitrogens is 3. The van der Waals surface area contributed by atoms with Gasteiger partial charge in [-0.3, -0.25) is 19.0 Å². The van der Waals surface area contributed by atoms with Crippen LogP contribution in [0.2, 0.25) is 0 Å². The molecule has 3 aromatic carbocycles. The second-order valence-electron chi connectivity index (χ2n) is 10.6. The molecule has 1 aliphatic heterocycles. The molecule has 1 aliphatic rings. The van der Waals surface area contributed by atoms with E-state index in [1.54, 1.807) is 53.6 Å². The highest BCUT2D eigenvalue weighted by Crippen LogP contribution is 2.32. The predicted octanol–water partition coefficient (Wildman–Crippen LogP) is 3.87. The van der Waals surface area contributed by atoms with Crippen molar-refractivity contribution in [1.82, 2.24) is 20.1 Å². The number of thiazole rings is 1. The maximum Gasteiger partial charge on any atom is 0.325 e. The molecule has 45 heavy (non-hydrogen) atoms. The average Bonchev–Trinajstić information content (AvgIpc) is 3.68. The number of carbonyl (C=O) groups excluding carboxylic acids is 2. The Labute approximate surface area is 268 Å². The van der Waals surface area contributed by atoms with E-state index in [2.05, 4.69) is 28.6 Å². The van der Waals surface area contributed by atoms with Crippen molar-refractivity contribution in [3.05, 3.63) is 89.6 Å². The second-order valence-corrected chi connectivity index (χ2v) is 12.0. The summed E-state index contributed by atoms with van der Waals surface area (Å²) in [5.74, 6) is -1.12. The van der Waals surface area contributed by atoms with E-state index < -0.39 is 11.9 Å². The third-order valence-corrected chi connectivity index (χ3v) is 9.01. The summed E-state index contributed by atoms with van der Waals surface area (Å²) in [7, 11) is 1.64. The first-order chi connectivity index (χ1) is 21.7. The Morgan fingerprint density at radius 3 is 2.64 bits per heavy atom. The third-order valence-electron chi connectivity index (χ3n) is 7.49. The third kappa shape index (κ3) is 6.17. The van der Waals surface area contributed by atoms with Crippen molar-refractivity contribution < 1.29 is 23.9 Å². The number of benzene rings is 3. The van der Waals surface area contributed by atoms with E-state index in [4.69, 9.17) is 21.7 Å². The Kier molecular flexibility index (Phi) is 8.37.